The minimum absolute atomic E-state index is 0.0488. The molecule has 142 valence electrons. The van der Waals surface area contributed by atoms with Crippen LogP contribution >= 0.6 is 11.8 Å². The maximum absolute atomic E-state index is 13.2. The molecule has 0 spiro atoms. The molecule has 28 heavy (non-hydrogen) atoms. The maximum atomic E-state index is 13.2. The number of anilines is 1. The highest BCUT2D eigenvalue weighted by atomic mass is 32.2. The summed E-state index contributed by atoms with van der Waals surface area (Å²) in [6.07, 6.45) is 0.532. The van der Waals surface area contributed by atoms with Crippen molar-refractivity contribution in [3.63, 3.8) is 0 Å². The van der Waals surface area contributed by atoms with Crippen LogP contribution in [0.3, 0.4) is 0 Å². The van der Waals surface area contributed by atoms with Crippen molar-refractivity contribution in [2.24, 2.45) is 0 Å². The van der Waals surface area contributed by atoms with E-state index in [4.69, 9.17) is 0 Å². The molecule has 0 saturated carbocycles. The molecule has 0 bridgehead atoms. The van der Waals surface area contributed by atoms with E-state index in [1.54, 1.807) is 12.1 Å². The van der Waals surface area contributed by atoms with Gasteiger partial charge in [-0.25, -0.2) is 0 Å². The molecule has 1 aliphatic heterocycles. The number of nitrogens with one attached hydrogen (secondary N) is 1. The van der Waals surface area contributed by atoms with Gasteiger partial charge in [-0.2, -0.15) is 5.26 Å². The Morgan fingerprint density at radius 1 is 1.18 bits per heavy atom. The Morgan fingerprint density at radius 3 is 2.50 bits per heavy atom. The lowest BCUT2D eigenvalue weighted by Gasteiger charge is -2.18. The fourth-order valence-corrected chi connectivity index (χ4v) is 4.38. The second-order valence-electron chi connectivity index (χ2n) is 6.61. The molecule has 6 heteroatoms. The van der Waals surface area contributed by atoms with Crippen molar-refractivity contribution >= 4 is 29.3 Å². The van der Waals surface area contributed by atoms with Crippen LogP contribution in [0.25, 0.3) is 0 Å². The smallest absolute Gasteiger partial charge is 0.264 e. The number of rotatable bonds is 4. The number of nitriles is 1. The predicted octanol–water partition coefficient (Wildman–Crippen LogP) is 3.48. The van der Waals surface area contributed by atoms with Crippen molar-refractivity contribution in [1.29, 1.82) is 5.26 Å². The molecule has 2 aromatic rings. The number of amides is 2. The van der Waals surface area contributed by atoms with Gasteiger partial charge in [0.25, 0.3) is 5.91 Å². The van der Waals surface area contributed by atoms with Crippen molar-refractivity contribution in [3.8, 4) is 6.07 Å². The van der Waals surface area contributed by atoms with Crippen molar-refractivity contribution in [1.82, 2.24) is 5.32 Å². The molecule has 1 saturated heterocycles. The second-order valence-corrected chi connectivity index (χ2v) is 7.80. The number of likely N-dealkylation sites (N-methyl/N-ethyl adjacent to an activating group) is 1. The molecule has 2 aromatic carbocycles. The average Bonchev–Trinajstić information content (AvgIpc) is 3.01. The van der Waals surface area contributed by atoms with Gasteiger partial charge in [-0.05, 0) is 49.1 Å². The number of para-hydroxylation sites is 1. The highest BCUT2D eigenvalue weighted by Gasteiger charge is 2.40. The van der Waals surface area contributed by atoms with Crippen LogP contribution in [0.15, 0.2) is 59.1 Å². The lowest BCUT2D eigenvalue weighted by atomic mass is 10.0. The maximum Gasteiger partial charge on any atom is 0.264 e. The Hall–Kier alpha value is -3.04. The van der Waals surface area contributed by atoms with E-state index < -0.39 is 11.2 Å². The largest absolute Gasteiger partial charge is 0.354 e. The zero-order chi connectivity index (χ0) is 20.3. The topological polar surface area (TPSA) is 73.2 Å². The van der Waals surface area contributed by atoms with Crippen LogP contribution in [0.1, 0.15) is 16.7 Å². The van der Waals surface area contributed by atoms with Gasteiger partial charge in [0.2, 0.25) is 5.91 Å². The Morgan fingerprint density at radius 2 is 1.89 bits per heavy atom. The summed E-state index contributed by atoms with van der Waals surface area (Å²) >= 11 is 1.28. The monoisotopic (exact) mass is 391 g/mol. The normalized spacial score (nSPS) is 18.0. The first-order valence-corrected chi connectivity index (χ1v) is 9.82. The molecule has 0 aromatic heterocycles. The number of hydrogen-bond acceptors (Lipinski definition) is 4. The van der Waals surface area contributed by atoms with Crippen molar-refractivity contribution < 1.29 is 9.59 Å². The van der Waals surface area contributed by atoms with Crippen molar-refractivity contribution in [2.75, 3.05) is 11.9 Å². The summed E-state index contributed by atoms with van der Waals surface area (Å²) in [6.45, 7) is 4.10. The first kappa shape index (κ1) is 19.7. The Bertz CT molecular complexity index is 993. The van der Waals surface area contributed by atoms with Gasteiger partial charge in [-0.15, -0.1) is 0 Å². The van der Waals surface area contributed by atoms with Gasteiger partial charge < -0.3 is 5.32 Å². The van der Waals surface area contributed by atoms with Crippen LogP contribution in [0.4, 0.5) is 5.69 Å². The third-order valence-corrected chi connectivity index (χ3v) is 6.00. The van der Waals surface area contributed by atoms with Gasteiger partial charge >= 0.3 is 0 Å². The summed E-state index contributed by atoms with van der Waals surface area (Å²) in [5.41, 5.74) is 4.03. The summed E-state index contributed by atoms with van der Waals surface area (Å²) in [4.78, 5) is 26.9. The van der Waals surface area contributed by atoms with Gasteiger partial charge in [0.1, 0.15) is 16.7 Å². The van der Waals surface area contributed by atoms with Crippen LogP contribution in [0.2, 0.25) is 0 Å². The van der Waals surface area contributed by atoms with E-state index in [9.17, 15) is 14.9 Å². The van der Waals surface area contributed by atoms with Gasteiger partial charge in [0, 0.05) is 12.7 Å². The summed E-state index contributed by atoms with van der Waals surface area (Å²) in [6, 6.07) is 17.2. The SMILES string of the molecule is CNC(=O)/C(C#N)=C1\SC(Cc2ccc(C)c(C)c2)C(=O)N1c1ccccc1. The standard InChI is InChI=1S/C22H21N3O2S/c1-14-9-10-16(11-15(14)2)12-19-21(27)25(17-7-5-4-6-8-17)22(28-19)18(13-23)20(26)24-3/h4-11,19H,12H2,1-3H3,(H,24,26)/b22-18-. The predicted molar refractivity (Wildman–Crippen MR) is 112 cm³/mol. The van der Waals surface area contributed by atoms with E-state index in [2.05, 4.69) is 18.3 Å². The molecule has 1 heterocycles. The minimum atomic E-state index is -0.495. The van der Waals surface area contributed by atoms with E-state index in [-0.39, 0.29) is 11.5 Å². The van der Waals surface area contributed by atoms with E-state index in [0.29, 0.717) is 17.1 Å². The quantitative estimate of drug-likeness (QED) is 0.640. The number of hydrogen-bond donors (Lipinski definition) is 1. The summed E-state index contributed by atoms with van der Waals surface area (Å²) < 4.78 is 0. The first-order valence-electron chi connectivity index (χ1n) is 8.94. The number of benzene rings is 2. The van der Waals surface area contributed by atoms with E-state index in [0.717, 1.165) is 5.56 Å². The summed E-state index contributed by atoms with van der Waals surface area (Å²) in [7, 11) is 1.47. The highest BCUT2D eigenvalue weighted by molar-refractivity contribution is 8.05. The Kier molecular flexibility index (Phi) is 5.86. The van der Waals surface area contributed by atoms with Gasteiger partial charge in [0.05, 0.1) is 5.25 Å². The Balaban J connectivity index is 2.02. The molecule has 5 nitrogen and oxygen atoms in total. The number of carbonyl (C=O) groups excluding carboxylic acids is 2. The van der Waals surface area contributed by atoms with Crippen molar-refractivity contribution in [3.05, 3.63) is 75.8 Å². The van der Waals surface area contributed by atoms with Crippen LogP contribution in [0, 0.1) is 25.2 Å². The lowest BCUT2D eigenvalue weighted by molar-refractivity contribution is -0.117. The van der Waals surface area contributed by atoms with E-state index in [1.165, 1.54) is 34.8 Å². The van der Waals surface area contributed by atoms with E-state index in [1.807, 2.05) is 43.3 Å². The zero-order valence-electron chi connectivity index (χ0n) is 16.0. The number of thioether (sulfide) groups is 1. The molecule has 1 fully saturated rings. The van der Waals surface area contributed by atoms with Crippen LogP contribution in [0.5, 0.6) is 0 Å². The van der Waals surface area contributed by atoms with E-state index >= 15 is 0 Å². The number of aryl methyl sites for hydroxylation is 2. The van der Waals surface area contributed by atoms with Crippen molar-refractivity contribution in [2.45, 2.75) is 25.5 Å². The van der Waals surface area contributed by atoms with Crippen LogP contribution < -0.4 is 10.2 Å². The Labute approximate surface area is 169 Å². The lowest BCUT2D eigenvalue weighted by Crippen LogP contribution is -2.31. The molecular formula is C22H21N3O2S. The molecular weight excluding hydrogens is 370 g/mol. The fraction of sp³-hybridized carbons (Fsp3) is 0.227. The molecule has 2 amide bonds. The van der Waals surface area contributed by atoms with Gasteiger partial charge in [-0.1, -0.05) is 48.2 Å². The van der Waals surface area contributed by atoms with Gasteiger partial charge in [0.15, 0.2) is 0 Å². The molecule has 3 rings (SSSR count). The average molecular weight is 391 g/mol. The molecule has 1 aliphatic rings. The summed E-state index contributed by atoms with van der Waals surface area (Å²) in [5.74, 6) is -0.619. The van der Waals surface area contributed by atoms with Gasteiger partial charge in [-0.3, -0.25) is 14.5 Å². The third kappa shape index (κ3) is 3.80. The minimum Gasteiger partial charge on any atom is -0.354 e. The molecule has 1 unspecified atom stereocenters. The fourth-order valence-electron chi connectivity index (χ4n) is 3.07. The third-order valence-electron chi connectivity index (χ3n) is 4.74. The highest BCUT2D eigenvalue weighted by Crippen LogP contribution is 2.41. The summed E-state index contributed by atoms with van der Waals surface area (Å²) in [5, 5.41) is 12.0. The zero-order valence-corrected chi connectivity index (χ0v) is 16.8. The second kappa shape index (κ2) is 8.32. The molecule has 1 N–H and O–H groups in total. The molecule has 0 aliphatic carbocycles. The van der Waals surface area contributed by atoms with Crippen LogP contribution in [-0.2, 0) is 16.0 Å². The number of nitrogens with zero attached hydrogens (tertiary/aromatic N) is 2. The first-order chi connectivity index (χ1) is 13.5. The number of carbonyl (C=O) groups is 2. The molecule has 0 radical (unpaired) electrons. The van der Waals surface area contributed by atoms with Crippen LogP contribution in [-0.4, -0.2) is 24.1 Å². The molecule has 1 atom stereocenters.